The summed E-state index contributed by atoms with van der Waals surface area (Å²) in [5.74, 6) is 0.590. The predicted molar refractivity (Wildman–Crippen MR) is 70.3 cm³/mol. The Labute approximate surface area is 117 Å². The van der Waals surface area contributed by atoms with Crippen LogP contribution in [0.2, 0.25) is 0 Å². The van der Waals surface area contributed by atoms with Crippen LogP contribution < -0.4 is 0 Å². The molecule has 0 bridgehead atoms. The number of alkyl halides is 3. The molecule has 0 saturated heterocycles. The molecule has 19 heavy (non-hydrogen) atoms. The van der Waals surface area contributed by atoms with Gasteiger partial charge in [0.1, 0.15) is 6.61 Å². The zero-order chi connectivity index (χ0) is 14.2. The van der Waals surface area contributed by atoms with Gasteiger partial charge in [-0.3, -0.25) is 0 Å². The molecular formula is C13H13BrF3NO. The number of aliphatic imine (C=N–C) groups is 1. The molecule has 2 rings (SSSR count). The first-order chi connectivity index (χ1) is 8.79. The van der Waals surface area contributed by atoms with Crippen LogP contribution in [0.25, 0.3) is 0 Å². The molecule has 0 fully saturated rings. The van der Waals surface area contributed by atoms with Gasteiger partial charge < -0.3 is 4.74 Å². The lowest BCUT2D eigenvalue weighted by molar-refractivity contribution is -0.138. The lowest BCUT2D eigenvalue weighted by Crippen LogP contribution is -2.13. The van der Waals surface area contributed by atoms with Crippen molar-refractivity contribution in [3.05, 3.63) is 33.8 Å². The zero-order valence-corrected chi connectivity index (χ0v) is 12.0. The summed E-state index contributed by atoms with van der Waals surface area (Å²) in [7, 11) is 0. The summed E-state index contributed by atoms with van der Waals surface area (Å²) in [6.45, 7) is 4.43. The van der Waals surface area contributed by atoms with Crippen molar-refractivity contribution in [2.24, 2.45) is 10.9 Å². The van der Waals surface area contributed by atoms with Crippen molar-refractivity contribution in [2.45, 2.75) is 26.1 Å². The molecule has 6 heteroatoms. The highest BCUT2D eigenvalue weighted by Crippen LogP contribution is 2.35. The standard InChI is InChI=1S/C13H13BrF3NO/c1-7(2)11-6-19-12(18-11)8-3-4-10(14)9(5-8)13(15,16)17/h3-5,7,11H,6H2,1-2H3/t11-/m0/s1. The van der Waals surface area contributed by atoms with Gasteiger partial charge in [0, 0.05) is 10.0 Å². The fraction of sp³-hybridized carbons (Fsp3) is 0.462. The van der Waals surface area contributed by atoms with E-state index in [2.05, 4.69) is 20.9 Å². The molecule has 0 radical (unpaired) electrons. The first-order valence-electron chi connectivity index (χ1n) is 5.86. The van der Waals surface area contributed by atoms with E-state index in [1.54, 1.807) is 6.07 Å². The number of rotatable bonds is 2. The molecule has 1 atom stereocenters. The van der Waals surface area contributed by atoms with Gasteiger partial charge in [0.05, 0.1) is 11.6 Å². The fourth-order valence-electron chi connectivity index (χ4n) is 1.76. The smallest absolute Gasteiger partial charge is 0.417 e. The summed E-state index contributed by atoms with van der Waals surface area (Å²) in [5.41, 5.74) is -0.358. The van der Waals surface area contributed by atoms with E-state index in [0.717, 1.165) is 6.07 Å². The van der Waals surface area contributed by atoms with Crippen molar-refractivity contribution in [3.63, 3.8) is 0 Å². The third-order valence-electron chi connectivity index (χ3n) is 2.96. The number of hydrogen-bond acceptors (Lipinski definition) is 2. The molecule has 1 aliphatic rings. The lowest BCUT2D eigenvalue weighted by Gasteiger charge is -2.10. The number of halogens is 4. The summed E-state index contributed by atoms with van der Waals surface area (Å²) in [5, 5.41) is 0. The Hall–Kier alpha value is -1.04. The minimum absolute atomic E-state index is 0.00739. The Balaban J connectivity index is 2.35. The van der Waals surface area contributed by atoms with E-state index >= 15 is 0 Å². The topological polar surface area (TPSA) is 21.6 Å². The molecule has 0 unspecified atom stereocenters. The number of hydrogen-bond donors (Lipinski definition) is 0. The van der Waals surface area contributed by atoms with Crippen molar-refractivity contribution in [2.75, 3.05) is 6.61 Å². The van der Waals surface area contributed by atoms with Gasteiger partial charge in [-0.05, 0) is 24.1 Å². The maximum absolute atomic E-state index is 12.8. The van der Waals surface area contributed by atoms with Gasteiger partial charge in [-0.1, -0.05) is 29.8 Å². The summed E-state index contributed by atoms with van der Waals surface area (Å²) in [4.78, 5) is 4.32. The van der Waals surface area contributed by atoms with E-state index in [1.165, 1.54) is 6.07 Å². The van der Waals surface area contributed by atoms with Crippen molar-refractivity contribution in [3.8, 4) is 0 Å². The number of benzene rings is 1. The van der Waals surface area contributed by atoms with Crippen LogP contribution in [0.15, 0.2) is 27.7 Å². The van der Waals surface area contributed by atoms with Gasteiger partial charge in [0.15, 0.2) is 0 Å². The Morgan fingerprint density at radius 2 is 2.05 bits per heavy atom. The Bertz CT molecular complexity index is 511. The highest BCUT2D eigenvalue weighted by Gasteiger charge is 2.34. The Morgan fingerprint density at radius 3 is 2.58 bits per heavy atom. The molecule has 0 aromatic heterocycles. The maximum atomic E-state index is 12.8. The molecule has 0 amide bonds. The number of ether oxygens (including phenoxy) is 1. The first-order valence-corrected chi connectivity index (χ1v) is 6.66. The Kier molecular flexibility index (Phi) is 3.90. The molecule has 104 valence electrons. The molecule has 1 aromatic rings. The molecule has 0 saturated carbocycles. The van der Waals surface area contributed by atoms with Crippen LogP contribution in [0.3, 0.4) is 0 Å². The normalized spacial score (nSPS) is 19.5. The van der Waals surface area contributed by atoms with Crippen LogP contribution >= 0.6 is 15.9 Å². The van der Waals surface area contributed by atoms with E-state index < -0.39 is 11.7 Å². The molecule has 0 N–H and O–H groups in total. The highest BCUT2D eigenvalue weighted by molar-refractivity contribution is 9.10. The monoisotopic (exact) mass is 335 g/mol. The first kappa shape index (κ1) is 14.4. The van der Waals surface area contributed by atoms with Crippen molar-refractivity contribution < 1.29 is 17.9 Å². The van der Waals surface area contributed by atoms with Gasteiger partial charge in [-0.15, -0.1) is 0 Å². The average molecular weight is 336 g/mol. The number of nitrogens with zero attached hydrogens (tertiary/aromatic N) is 1. The van der Waals surface area contributed by atoms with Gasteiger partial charge in [-0.2, -0.15) is 13.2 Å². The SMILES string of the molecule is CC(C)[C@@H]1COC(c2ccc(Br)c(C(F)(F)F)c2)=N1. The molecule has 2 nitrogen and oxygen atoms in total. The summed E-state index contributed by atoms with van der Waals surface area (Å²) < 4.78 is 43.8. The third-order valence-corrected chi connectivity index (χ3v) is 3.65. The largest absolute Gasteiger partial charge is 0.475 e. The van der Waals surface area contributed by atoms with E-state index in [-0.39, 0.29) is 16.4 Å². The quantitative estimate of drug-likeness (QED) is 0.790. The second-order valence-corrected chi connectivity index (χ2v) is 5.60. The molecule has 0 aliphatic carbocycles. The second kappa shape index (κ2) is 5.15. The fourth-order valence-corrected chi connectivity index (χ4v) is 2.24. The van der Waals surface area contributed by atoms with E-state index in [9.17, 15) is 13.2 Å². The van der Waals surface area contributed by atoms with Gasteiger partial charge in [0.25, 0.3) is 0 Å². The minimum atomic E-state index is -4.40. The van der Waals surface area contributed by atoms with Gasteiger partial charge in [-0.25, -0.2) is 4.99 Å². The van der Waals surface area contributed by atoms with E-state index in [0.29, 0.717) is 18.1 Å². The zero-order valence-electron chi connectivity index (χ0n) is 10.5. The van der Waals surface area contributed by atoms with E-state index in [1.807, 2.05) is 13.8 Å². The van der Waals surface area contributed by atoms with Crippen LogP contribution in [-0.2, 0) is 10.9 Å². The summed E-state index contributed by atoms with van der Waals surface area (Å²) >= 11 is 2.91. The molecule has 1 aromatic carbocycles. The Morgan fingerprint density at radius 1 is 1.37 bits per heavy atom. The van der Waals surface area contributed by atoms with Crippen LogP contribution in [0.1, 0.15) is 25.0 Å². The van der Waals surface area contributed by atoms with Crippen molar-refractivity contribution in [1.82, 2.24) is 0 Å². The average Bonchev–Trinajstić information content (AvgIpc) is 2.77. The third kappa shape index (κ3) is 3.11. The molecule has 1 aliphatic heterocycles. The second-order valence-electron chi connectivity index (χ2n) is 4.75. The summed E-state index contributed by atoms with van der Waals surface area (Å²) in [6, 6.07) is 4.01. The van der Waals surface area contributed by atoms with Gasteiger partial charge in [0.2, 0.25) is 5.90 Å². The maximum Gasteiger partial charge on any atom is 0.417 e. The van der Waals surface area contributed by atoms with Crippen LogP contribution in [0.5, 0.6) is 0 Å². The van der Waals surface area contributed by atoms with Gasteiger partial charge >= 0.3 is 6.18 Å². The summed E-state index contributed by atoms with van der Waals surface area (Å²) in [6.07, 6.45) is -4.40. The van der Waals surface area contributed by atoms with Crippen LogP contribution in [-0.4, -0.2) is 18.5 Å². The highest BCUT2D eigenvalue weighted by atomic mass is 79.9. The van der Waals surface area contributed by atoms with Crippen LogP contribution in [0, 0.1) is 5.92 Å². The molecular weight excluding hydrogens is 323 g/mol. The van der Waals surface area contributed by atoms with Crippen molar-refractivity contribution in [1.29, 1.82) is 0 Å². The molecule has 0 spiro atoms. The van der Waals surface area contributed by atoms with Crippen molar-refractivity contribution >= 4 is 21.8 Å². The minimum Gasteiger partial charge on any atom is -0.475 e. The lowest BCUT2D eigenvalue weighted by atomic mass is 10.1. The van der Waals surface area contributed by atoms with Crippen LogP contribution in [0.4, 0.5) is 13.2 Å². The molecule has 1 heterocycles. The predicted octanol–water partition coefficient (Wildman–Crippen LogP) is 4.27. The van der Waals surface area contributed by atoms with E-state index in [4.69, 9.17) is 4.74 Å².